The molecule has 150 valence electrons. The summed E-state index contributed by atoms with van der Waals surface area (Å²) >= 11 is 0. The van der Waals surface area contributed by atoms with E-state index in [9.17, 15) is 13.6 Å². The number of fused-ring (bicyclic) bond motifs is 1. The summed E-state index contributed by atoms with van der Waals surface area (Å²) in [5.41, 5.74) is 0.159. The summed E-state index contributed by atoms with van der Waals surface area (Å²) in [5, 5.41) is 3.20. The average Bonchev–Trinajstić information content (AvgIpc) is 2.61. The summed E-state index contributed by atoms with van der Waals surface area (Å²) in [7, 11) is 1.57. The fourth-order valence-electron chi connectivity index (χ4n) is 4.63. The summed E-state index contributed by atoms with van der Waals surface area (Å²) in [5.74, 6) is -1.04. The third kappa shape index (κ3) is 4.49. The molecule has 1 amide bonds. The topological polar surface area (TPSA) is 47.6 Å². The predicted octanol–water partition coefficient (Wildman–Crippen LogP) is 4.14. The molecule has 1 heterocycles. The zero-order valence-electron chi connectivity index (χ0n) is 16.3. The molecule has 0 unspecified atom stereocenters. The third-order valence-corrected chi connectivity index (χ3v) is 6.09. The van der Waals surface area contributed by atoms with E-state index in [0.717, 1.165) is 25.3 Å². The van der Waals surface area contributed by atoms with Crippen LogP contribution < -0.4 is 5.32 Å². The number of rotatable bonds is 5. The fraction of sp³-hybridized carbons (Fsp3) is 0.667. The summed E-state index contributed by atoms with van der Waals surface area (Å²) in [4.78, 5) is 12.4. The van der Waals surface area contributed by atoms with Crippen LogP contribution in [0.5, 0.6) is 0 Å². The Morgan fingerprint density at radius 1 is 1.33 bits per heavy atom. The lowest BCUT2D eigenvalue weighted by Gasteiger charge is -2.52. The number of carbonyl (C=O) groups excluding carboxylic acids is 1. The zero-order valence-corrected chi connectivity index (χ0v) is 16.3. The van der Waals surface area contributed by atoms with Gasteiger partial charge in [-0.15, -0.1) is 0 Å². The van der Waals surface area contributed by atoms with Crippen LogP contribution in [0.3, 0.4) is 0 Å². The second kappa shape index (κ2) is 8.23. The van der Waals surface area contributed by atoms with Gasteiger partial charge in [0.25, 0.3) is 0 Å². The molecule has 1 aliphatic carbocycles. The maximum atomic E-state index is 13.8. The summed E-state index contributed by atoms with van der Waals surface area (Å²) in [6, 6.07) is 3.92. The van der Waals surface area contributed by atoms with E-state index in [2.05, 4.69) is 19.2 Å². The van der Waals surface area contributed by atoms with Gasteiger partial charge in [0.15, 0.2) is 11.6 Å². The molecule has 27 heavy (non-hydrogen) atoms. The van der Waals surface area contributed by atoms with Crippen LogP contribution in [0.1, 0.15) is 57.6 Å². The van der Waals surface area contributed by atoms with Crippen LogP contribution in [-0.4, -0.2) is 31.3 Å². The maximum absolute atomic E-state index is 13.8. The van der Waals surface area contributed by atoms with Crippen LogP contribution in [0.2, 0.25) is 0 Å². The van der Waals surface area contributed by atoms with E-state index in [-0.39, 0.29) is 24.0 Å². The van der Waals surface area contributed by atoms with E-state index in [1.54, 1.807) is 13.2 Å². The number of hydrogen-bond acceptors (Lipinski definition) is 3. The zero-order chi connectivity index (χ0) is 19.6. The number of halogens is 2. The van der Waals surface area contributed by atoms with Gasteiger partial charge in [-0.3, -0.25) is 4.79 Å². The number of methoxy groups -OCH3 is 1. The van der Waals surface area contributed by atoms with Gasteiger partial charge in [-0.2, -0.15) is 0 Å². The van der Waals surface area contributed by atoms with Crippen molar-refractivity contribution in [2.45, 2.75) is 63.7 Å². The lowest BCUT2D eigenvalue weighted by atomic mass is 9.66. The molecule has 0 spiro atoms. The molecule has 0 bridgehead atoms. The van der Waals surface area contributed by atoms with E-state index >= 15 is 0 Å². The highest BCUT2D eigenvalue weighted by molar-refractivity contribution is 5.77. The summed E-state index contributed by atoms with van der Waals surface area (Å²) in [6.07, 6.45) is 3.45. The molecule has 3 rings (SSSR count). The van der Waals surface area contributed by atoms with Crippen LogP contribution in [-0.2, 0) is 14.3 Å². The molecule has 2 aliphatic rings. The average molecular weight is 381 g/mol. The maximum Gasteiger partial charge on any atom is 0.222 e. The Morgan fingerprint density at radius 2 is 2.11 bits per heavy atom. The van der Waals surface area contributed by atoms with E-state index < -0.39 is 17.2 Å². The highest BCUT2D eigenvalue weighted by Crippen LogP contribution is 2.48. The Labute approximate surface area is 159 Å². The van der Waals surface area contributed by atoms with Gasteiger partial charge in [0.1, 0.15) is 0 Å². The SMILES string of the molecule is COCCC(=O)N[C@@]1(C)C[C@H](c2ccc(F)c(F)c2)O[C@@H]2C[C@H](C)CC[C@H]21. The highest BCUT2D eigenvalue weighted by atomic mass is 19.2. The smallest absolute Gasteiger partial charge is 0.222 e. The van der Waals surface area contributed by atoms with Crippen LogP contribution in [0.25, 0.3) is 0 Å². The van der Waals surface area contributed by atoms with Crippen molar-refractivity contribution in [1.82, 2.24) is 5.32 Å². The first-order valence-corrected chi connectivity index (χ1v) is 9.72. The highest BCUT2D eigenvalue weighted by Gasteiger charge is 2.49. The molecule has 1 aromatic rings. The van der Waals surface area contributed by atoms with Gasteiger partial charge in [-0.25, -0.2) is 8.78 Å². The second-order valence-electron chi connectivity index (χ2n) is 8.27. The Bertz CT molecular complexity index is 683. The standard InChI is InChI=1S/C21H29F2NO3/c1-13-4-6-15-18(10-13)27-19(14-5-7-16(22)17(23)11-14)12-21(15,2)24-20(25)8-9-26-3/h5,7,11,13,15,18-19H,4,6,8-10,12H2,1-3H3,(H,24,25)/t13-,15-,18-,19-,21+/m1/s1. The predicted molar refractivity (Wildman–Crippen MR) is 98.1 cm³/mol. The first kappa shape index (κ1) is 20.2. The number of ether oxygens (including phenoxy) is 2. The molecule has 4 nitrogen and oxygen atoms in total. The van der Waals surface area contributed by atoms with Gasteiger partial charge in [-0.1, -0.05) is 19.4 Å². The van der Waals surface area contributed by atoms with Gasteiger partial charge < -0.3 is 14.8 Å². The third-order valence-electron chi connectivity index (χ3n) is 6.09. The van der Waals surface area contributed by atoms with Crippen molar-refractivity contribution < 1.29 is 23.0 Å². The van der Waals surface area contributed by atoms with E-state index in [1.165, 1.54) is 6.07 Å². The first-order valence-electron chi connectivity index (χ1n) is 9.72. The van der Waals surface area contributed by atoms with Gasteiger partial charge in [0, 0.05) is 31.4 Å². The lowest BCUT2D eigenvalue weighted by Crippen LogP contribution is -2.60. The van der Waals surface area contributed by atoms with Crippen molar-refractivity contribution in [1.29, 1.82) is 0 Å². The molecule has 2 fully saturated rings. The van der Waals surface area contributed by atoms with Gasteiger partial charge in [0.05, 0.1) is 18.8 Å². The van der Waals surface area contributed by atoms with Crippen LogP contribution in [0.4, 0.5) is 8.78 Å². The number of amides is 1. The molecule has 1 saturated carbocycles. The molecule has 5 atom stereocenters. The molecular formula is C21H29F2NO3. The molecule has 1 N–H and O–H groups in total. The van der Waals surface area contributed by atoms with Crippen molar-refractivity contribution >= 4 is 5.91 Å². The molecule has 1 aliphatic heterocycles. The minimum Gasteiger partial charge on any atom is -0.384 e. The molecule has 1 aromatic carbocycles. The quantitative estimate of drug-likeness (QED) is 0.834. The molecule has 0 aromatic heterocycles. The molecule has 1 saturated heterocycles. The van der Waals surface area contributed by atoms with Crippen LogP contribution >= 0.6 is 0 Å². The number of benzene rings is 1. The number of hydrogen-bond donors (Lipinski definition) is 1. The summed E-state index contributed by atoms with van der Waals surface area (Å²) < 4.78 is 38.4. The van der Waals surface area contributed by atoms with E-state index in [4.69, 9.17) is 9.47 Å². The van der Waals surface area contributed by atoms with Crippen LogP contribution in [0.15, 0.2) is 18.2 Å². The number of carbonyl (C=O) groups is 1. The Morgan fingerprint density at radius 3 is 2.81 bits per heavy atom. The van der Waals surface area contributed by atoms with Gasteiger partial charge >= 0.3 is 0 Å². The Balaban J connectivity index is 1.85. The second-order valence-corrected chi connectivity index (χ2v) is 8.27. The van der Waals surface area contributed by atoms with Gasteiger partial charge in [0.2, 0.25) is 5.91 Å². The fourth-order valence-corrected chi connectivity index (χ4v) is 4.63. The van der Waals surface area contributed by atoms with E-state index in [0.29, 0.717) is 30.9 Å². The van der Waals surface area contributed by atoms with Crippen molar-refractivity contribution in [2.24, 2.45) is 11.8 Å². The van der Waals surface area contributed by atoms with Crippen molar-refractivity contribution in [3.63, 3.8) is 0 Å². The van der Waals surface area contributed by atoms with Crippen LogP contribution in [0, 0.1) is 23.5 Å². The Hall–Kier alpha value is -1.53. The monoisotopic (exact) mass is 381 g/mol. The number of nitrogens with one attached hydrogen (secondary N) is 1. The van der Waals surface area contributed by atoms with Crippen molar-refractivity contribution in [3.05, 3.63) is 35.4 Å². The summed E-state index contributed by atoms with van der Waals surface area (Å²) in [6.45, 7) is 4.63. The molecule has 6 heteroatoms. The first-order chi connectivity index (χ1) is 12.8. The lowest BCUT2D eigenvalue weighted by molar-refractivity contribution is -0.154. The minimum absolute atomic E-state index is 0.00617. The molecular weight excluding hydrogens is 352 g/mol. The normalized spacial score (nSPS) is 33.4. The van der Waals surface area contributed by atoms with Gasteiger partial charge in [-0.05, 0) is 43.4 Å². The van der Waals surface area contributed by atoms with Crippen molar-refractivity contribution in [3.8, 4) is 0 Å². The van der Waals surface area contributed by atoms with Crippen molar-refractivity contribution in [2.75, 3.05) is 13.7 Å². The largest absolute Gasteiger partial charge is 0.384 e. The van der Waals surface area contributed by atoms with E-state index in [1.807, 2.05) is 0 Å². The minimum atomic E-state index is -0.874. The Kier molecular flexibility index (Phi) is 6.16. The molecule has 0 radical (unpaired) electrons.